The zero-order valence-corrected chi connectivity index (χ0v) is 11.9. The summed E-state index contributed by atoms with van der Waals surface area (Å²) in [6, 6.07) is 0.518. The Hall–Kier alpha value is -0.410. The van der Waals surface area contributed by atoms with Crippen LogP contribution in [0.3, 0.4) is 0 Å². The molecule has 1 aromatic heterocycles. The summed E-state index contributed by atoms with van der Waals surface area (Å²) in [5.41, 5.74) is 3.17. The molecule has 1 aliphatic carbocycles. The van der Waals surface area contributed by atoms with Gasteiger partial charge in [0.2, 0.25) is 0 Å². The molecule has 1 fully saturated rings. The third-order valence-corrected chi connectivity index (χ3v) is 5.08. The first kappa shape index (κ1) is 13.0. The van der Waals surface area contributed by atoms with Gasteiger partial charge in [0.05, 0.1) is 11.2 Å². The summed E-state index contributed by atoms with van der Waals surface area (Å²) in [6.07, 6.45) is 9.92. The fourth-order valence-corrected chi connectivity index (χ4v) is 3.88. The lowest BCUT2D eigenvalue weighted by Crippen LogP contribution is -2.18. The molecule has 0 bridgehead atoms. The van der Waals surface area contributed by atoms with E-state index in [1.807, 2.05) is 5.51 Å². The van der Waals surface area contributed by atoms with Crippen molar-refractivity contribution in [1.29, 1.82) is 0 Å². The van der Waals surface area contributed by atoms with Crippen LogP contribution in [0.25, 0.3) is 0 Å². The molecule has 0 amide bonds. The van der Waals surface area contributed by atoms with Gasteiger partial charge in [-0.1, -0.05) is 32.1 Å². The van der Waals surface area contributed by atoms with Crippen LogP contribution < -0.4 is 5.32 Å². The van der Waals surface area contributed by atoms with Crippen LogP contribution in [-0.4, -0.2) is 12.0 Å². The number of rotatable bonds is 5. The summed E-state index contributed by atoms with van der Waals surface area (Å²) >= 11 is 1.80. The molecule has 0 aromatic carbocycles. The molecular weight excluding hydrogens is 228 g/mol. The van der Waals surface area contributed by atoms with Gasteiger partial charge in [0.1, 0.15) is 0 Å². The summed E-state index contributed by atoms with van der Waals surface area (Å²) in [6.45, 7) is 2.12. The summed E-state index contributed by atoms with van der Waals surface area (Å²) in [5, 5.41) is 3.46. The highest BCUT2D eigenvalue weighted by Gasteiger charge is 2.18. The van der Waals surface area contributed by atoms with Crippen molar-refractivity contribution in [2.24, 2.45) is 5.92 Å². The SMILES string of the molecule is CNC(CCC1CCCCC1)c1scnc1C. The number of nitrogens with one attached hydrogen (secondary N) is 1. The largest absolute Gasteiger partial charge is 0.312 e. The van der Waals surface area contributed by atoms with E-state index >= 15 is 0 Å². The van der Waals surface area contributed by atoms with Crippen LogP contribution in [0.15, 0.2) is 5.51 Å². The van der Waals surface area contributed by atoms with Gasteiger partial charge in [0.25, 0.3) is 0 Å². The van der Waals surface area contributed by atoms with Crippen LogP contribution in [0.1, 0.15) is 61.6 Å². The number of nitrogens with zero attached hydrogens (tertiary/aromatic N) is 1. The number of hydrogen-bond donors (Lipinski definition) is 1. The number of thiazole rings is 1. The third-order valence-electron chi connectivity index (χ3n) is 4.04. The zero-order valence-electron chi connectivity index (χ0n) is 11.0. The maximum absolute atomic E-state index is 4.36. The molecule has 17 heavy (non-hydrogen) atoms. The minimum Gasteiger partial charge on any atom is -0.312 e. The van der Waals surface area contributed by atoms with E-state index in [2.05, 4.69) is 24.3 Å². The van der Waals surface area contributed by atoms with Gasteiger partial charge >= 0.3 is 0 Å². The van der Waals surface area contributed by atoms with Crippen molar-refractivity contribution in [2.45, 2.75) is 57.9 Å². The summed E-state index contributed by atoms with van der Waals surface area (Å²) in [4.78, 5) is 5.79. The first-order valence-corrected chi connectivity index (χ1v) is 7.76. The van der Waals surface area contributed by atoms with Crippen molar-refractivity contribution in [3.8, 4) is 0 Å². The quantitative estimate of drug-likeness (QED) is 0.854. The lowest BCUT2D eigenvalue weighted by Gasteiger charge is -2.24. The highest BCUT2D eigenvalue weighted by atomic mass is 32.1. The second kappa shape index (κ2) is 6.50. The van der Waals surface area contributed by atoms with Gasteiger partial charge in [-0.25, -0.2) is 4.98 Å². The van der Waals surface area contributed by atoms with Crippen molar-refractivity contribution >= 4 is 11.3 Å². The van der Waals surface area contributed by atoms with E-state index < -0.39 is 0 Å². The molecule has 1 atom stereocenters. The predicted octanol–water partition coefficient (Wildman–Crippen LogP) is 4.07. The van der Waals surface area contributed by atoms with Crippen molar-refractivity contribution in [3.63, 3.8) is 0 Å². The maximum Gasteiger partial charge on any atom is 0.0798 e. The predicted molar refractivity (Wildman–Crippen MR) is 74.5 cm³/mol. The van der Waals surface area contributed by atoms with E-state index in [9.17, 15) is 0 Å². The topological polar surface area (TPSA) is 24.9 Å². The van der Waals surface area contributed by atoms with Gasteiger partial charge in [-0.15, -0.1) is 11.3 Å². The van der Waals surface area contributed by atoms with Gasteiger partial charge in [-0.3, -0.25) is 0 Å². The Labute approximate surface area is 109 Å². The molecule has 0 saturated heterocycles. The summed E-state index contributed by atoms with van der Waals surface area (Å²) in [7, 11) is 2.07. The van der Waals surface area contributed by atoms with Gasteiger partial charge in [-0.05, 0) is 32.7 Å². The van der Waals surface area contributed by atoms with Crippen LogP contribution in [0.5, 0.6) is 0 Å². The molecule has 1 aliphatic rings. The standard InChI is InChI=1S/C14H24N2S/c1-11-14(17-10-16-11)13(15-2)9-8-12-6-4-3-5-7-12/h10,12-13,15H,3-9H2,1-2H3. The van der Waals surface area contributed by atoms with Gasteiger partial charge < -0.3 is 5.32 Å². The molecule has 3 heteroatoms. The third kappa shape index (κ3) is 3.52. The molecule has 0 radical (unpaired) electrons. The lowest BCUT2D eigenvalue weighted by atomic mass is 9.85. The smallest absolute Gasteiger partial charge is 0.0798 e. The second-order valence-electron chi connectivity index (χ2n) is 5.22. The minimum absolute atomic E-state index is 0.518. The first-order valence-electron chi connectivity index (χ1n) is 6.88. The Morgan fingerprint density at radius 2 is 2.18 bits per heavy atom. The number of aryl methyl sites for hydroxylation is 1. The van der Waals surface area contributed by atoms with Crippen LogP contribution in [-0.2, 0) is 0 Å². The molecule has 2 rings (SSSR count). The van der Waals surface area contributed by atoms with E-state index in [4.69, 9.17) is 0 Å². The highest BCUT2D eigenvalue weighted by molar-refractivity contribution is 7.09. The molecular formula is C14H24N2S. The molecule has 0 aliphatic heterocycles. The molecule has 0 spiro atoms. The Morgan fingerprint density at radius 3 is 2.76 bits per heavy atom. The average molecular weight is 252 g/mol. The Balaban J connectivity index is 1.85. The summed E-state index contributed by atoms with van der Waals surface area (Å²) < 4.78 is 0. The molecule has 1 N–H and O–H groups in total. The van der Waals surface area contributed by atoms with Crippen LogP contribution >= 0.6 is 11.3 Å². The fraction of sp³-hybridized carbons (Fsp3) is 0.786. The number of hydrogen-bond acceptors (Lipinski definition) is 3. The van der Waals surface area contributed by atoms with Gasteiger partial charge in [-0.2, -0.15) is 0 Å². The monoisotopic (exact) mass is 252 g/mol. The van der Waals surface area contributed by atoms with E-state index in [1.165, 1.54) is 55.5 Å². The number of aromatic nitrogens is 1. The second-order valence-corrected chi connectivity index (χ2v) is 6.11. The average Bonchev–Trinajstić information content (AvgIpc) is 2.78. The van der Waals surface area contributed by atoms with Gasteiger partial charge in [0, 0.05) is 10.9 Å². The van der Waals surface area contributed by atoms with E-state index in [-0.39, 0.29) is 0 Å². The van der Waals surface area contributed by atoms with Crippen LogP contribution in [0.4, 0.5) is 0 Å². The highest BCUT2D eigenvalue weighted by Crippen LogP contribution is 2.32. The Bertz CT molecular complexity index is 329. The minimum atomic E-state index is 0.518. The van der Waals surface area contributed by atoms with Crippen LogP contribution in [0, 0.1) is 12.8 Å². The van der Waals surface area contributed by atoms with Crippen molar-refractivity contribution in [1.82, 2.24) is 10.3 Å². The first-order chi connectivity index (χ1) is 8.31. The van der Waals surface area contributed by atoms with E-state index in [1.54, 1.807) is 11.3 Å². The van der Waals surface area contributed by atoms with Crippen LogP contribution in [0.2, 0.25) is 0 Å². The normalized spacial score (nSPS) is 19.4. The van der Waals surface area contributed by atoms with E-state index in [0.29, 0.717) is 6.04 Å². The molecule has 1 saturated carbocycles. The zero-order chi connectivity index (χ0) is 12.1. The summed E-state index contributed by atoms with van der Waals surface area (Å²) in [5.74, 6) is 0.979. The molecule has 1 heterocycles. The van der Waals surface area contributed by atoms with Gasteiger partial charge in [0.15, 0.2) is 0 Å². The molecule has 1 aromatic rings. The molecule has 1 unspecified atom stereocenters. The maximum atomic E-state index is 4.36. The van der Waals surface area contributed by atoms with E-state index in [0.717, 1.165) is 5.92 Å². The molecule has 2 nitrogen and oxygen atoms in total. The van der Waals surface area contributed by atoms with Crippen molar-refractivity contribution < 1.29 is 0 Å². The lowest BCUT2D eigenvalue weighted by molar-refractivity contribution is 0.318. The Morgan fingerprint density at radius 1 is 1.41 bits per heavy atom. The van der Waals surface area contributed by atoms with Crippen molar-refractivity contribution in [3.05, 3.63) is 16.1 Å². The fourth-order valence-electron chi connectivity index (χ4n) is 2.93. The molecule has 96 valence electrons. The van der Waals surface area contributed by atoms with Crippen molar-refractivity contribution in [2.75, 3.05) is 7.05 Å². The Kier molecular flexibility index (Phi) is 4.99.